The van der Waals surface area contributed by atoms with E-state index in [1.54, 1.807) is 18.2 Å². The van der Waals surface area contributed by atoms with E-state index < -0.39 is 10.0 Å². The molecule has 1 fully saturated rings. The standard InChI is InChI=1S/C15H24BrN3O2S/c16-13-5-4-6-15(11-13)22(20,21)18-8-2-1-3-9-19-10-7-14(17)12-19/h4-6,11,14,18H,1-3,7-10,12,17H2/t14-/m0/s1. The largest absolute Gasteiger partial charge is 0.326 e. The molecule has 0 amide bonds. The lowest BCUT2D eigenvalue weighted by atomic mass is 10.2. The van der Waals surface area contributed by atoms with Crippen molar-refractivity contribution in [2.24, 2.45) is 5.73 Å². The first-order valence-corrected chi connectivity index (χ1v) is 9.98. The third-order valence-electron chi connectivity index (χ3n) is 3.86. The summed E-state index contributed by atoms with van der Waals surface area (Å²) in [5.41, 5.74) is 5.87. The minimum Gasteiger partial charge on any atom is -0.326 e. The van der Waals surface area contributed by atoms with Crippen LogP contribution in [0.1, 0.15) is 25.7 Å². The summed E-state index contributed by atoms with van der Waals surface area (Å²) in [6.07, 6.45) is 4.05. The first kappa shape index (κ1) is 17.9. The summed E-state index contributed by atoms with van der Waals surface area (Å²) in [6.45, 7) is 3.63. The number of nitrogens with one attached hydrogen (secondary N) is 1. The van der Waals surface area contributed by atoms with E-state index in [0.717, 1.165) is 49.8 Å². The molecule has 5 nitrogen and oxygen atoms in total. The fourth-order valence-electron chi connectivity index (χ4n) is 2.63. The molecule has 124 valence electrons. The number of rotatable bonds is 8. The molecule has 1 aliphatic rings. The molecular formula is C15H24BrN3O2S. The van der Waals surface area contributed by atoms with Crippen LogP contribution < -0.4 is 10.5 Å². The lowest BCUT2D eigenvalue weighted by molar-refractivity contribution is 0.324. The fraction of sp³-hybridized carbons (Fsp3) is 0.600. The predicted molar refractivity (Wildman–Crippen MR) is 92.2 cm³/mol. The van der Waals surface area contributed by atoms with Crippen molar-refractivity contribution < 1.29 is 8.42 Å². The molecule has 1 heterocycles. The fourth-order valence-corrected chi connectivity index (χ4v) is 4.30. The highest BCUT2D eigenvalue weighted by Crippen LogP contribution is 2.16. The maximum Gasteiger partial charge on any atom is 0.240 e. The zero-order valence-corrected chi connectivity index (χ0v) is 15.1. The number of benzene rings is 1. The van der Waals surface area contributed by atoms with E-state index in [4.69, 9.17) is 5.73 Å². The highest BCUT2D eigenvalue weighted by Gasteiger charge is 2.18. The van der Waals surface area contributed by atoms with Crippen molar-refractivity contribution in [2.45, 2.75) is 36.6 Å². The zero-order chi connectivity index (χ0) is 16.0. The zero-order valence-electron chi connectivity index (χ0n) is 12.7. The van der Waals surface area contributed by atoms with Gasteiger partial charge in [-0.05, 0) is 50.6 Å². The second kappa shape index (κ2) is 8.40. The summed E-state index contributed by atoms with van der Waals surface area (Å²) in [5, 5.41) is 0. The molecule has 7 heteroatoms. The molecule has 3 N–H and O–H groups in total. The molecule has 0 unspecified atom stereocenters. The maximum atomic E-state index is 12.1. The normalized spacial score (nSPS) is 19.6. The van der Waals surface area contributed by atoms with Crippen molar-refractivity contribution in [3.05, 3.63) is 28.7 Å². The molecule has 1 aliphatic heterocycles. The van der Waals surface area contributed by atoms with Gasteiger partial charge in [0.15, 0.2) is 0 Å². The summed E-state index contributed by atoms with van der Waals surface area (Å²) in [4.78, 5) is 2.68. The Morgan fingerprint density at radius 3 is 2.82 bits per heavy atom. The van der Waals surface area contributed by atoms with Crippen LogP contribution in [0.15, 0.2) is 33.6 Å². The number of nitrogens with zero attached hydrogens (tertiary/aromatic N) is 1. The summed E-state index contributed by atoms with van der Waals surface area (Å²) >= 11 is 3.29. The van der Waals surface area contributed by atoms with Crippen molar-refractivity contribution in [2.75, 3.05) is 26.2 Å². The Hall–Kier alpha value is -0.470. The van der Waals surface area contributed by atoms with Gasteiger partial charge in [0, 0.05) is 23.6 Å². The number of likely N-dealkylation sites (tertiary alicyclic amines) is 1. The van der Waals surface area contributed by atoms with Gasteiger partial charge in [-0.2, -0.15) is 0 Å². The van der Waals surface area contributed by atoms with Gasteiger partial charge >= 0.3 is 0 Å². The molecule has 0 bridgehead atoms. The SMILES string of the molecule is N[C@H]1CCN(CCCCCNS(=O)(=O)c2cccc(Br)c2)C1. The molecule has 0 aromatic heterocycles. The molecule has 22 heavy (non-hydrogen) atoms. The third-order valence-corrected chi connectivity index (χ3v) is 5.81. The molecule has 2 rings (SSSR count). The van der Waals surface area contributed by atoms with Gasteiger partial charge in [0.1, 0.15) is 0 Å². The Kier molecular flexibility index (Phi) is 6.83. The van der Waals surface area contributed by atoms with E-state index in [9.17, 15) is 8.42 Å². The topological polar surface area (TPSA) is 75.4 Å². The van der Waals surface area contributed by atoms with Gasteiger partial charge in [-0.15, -0.1) is 0 Å². The second-order valence-corrected chi connectivity index (χ2v) is 8.45. The number of sulfonamides is 1. The summed E-state index contributed by atoms with van der Waals surface area (Å²) in [5.74, 6) is 0. The smallest absolute Gasteiger partial charge is 0.240 e. The third kappa shape index (κ3) is 5.62. The predicted octanol–water partition coefficient (Wildman–Crippen LogP) is 1.93. The number of halogens is 1. The molecule has 0 radical (unpaired) electrons. The van der Waals surface area contributed by atoms with Gasteiger partial charge < -0.3 is 10.6 Å². The van der Waals surface area contributed by atoms with Crippen LogP contribution >= 0.6 is 15.9 Å². The molecule has 0 spiro atoms. The van der Waals surface area contributed by atoms with Crippen LogP contribution in [0.4, 0.5) is 0 Å². The number of hydrogen-bond acceptors (Lipinski definition) is 4. The summed E-state index contributed by atoms with van der Waals surface area (Å²) in [7, 11) is -3.40. The molecule has 1 atom stereocenters. The van der Waals surface area contributed by atoms with Crippen molar-refractivity contribution in [3.63, 3.8) is 0 Å². The summed E-state index contributed by atoms with van der Waals surface area (Å²) < 4.78 is 27.6. The number of nitrogens with two attached hydrogens (primary N) is 1. The van der Waals surface area contributed by atoms with Crippen molar-refractivity contribution in [3.8, 4) is 0 Å². The van der Waals surface area contributed by atoms with Gasteiger partial charge in [0.05, 0.1) is 4.90 Å². The Balaban J connectivity index is 1.64. The monoisotopic (exact) mass is 389 g/mol. The van der Waals surface area contributed by atoms with Crippen LogP contribution in [0.5, 0.6) is 0 Å². The van der Waals surface area contributed by atoms with E-state index >= 15 is 0 Å². The van der Waals surface area contributed by atoms with Crippen LogP contribution in [-0.2, 0) is 10.0 Å². The average molecular weight is 390 g/mol. The summed E-state index contributed by atoms with van der Waals surface area (Å²) in [6, 6.07) is 7.07. The lowest BCUT2D eigenvalue weighted by Gasteiger charge is -2.14. The number of hydrogen-bond donors (Lipinski definition) is 2. The number of unbranched alkanes of at least 4 members (excludes halogenated alkanes) is 2. The molecular weight excluding hydrogens is 366 g/mol. The molecule has 0 saturated carbocycles. The van der Waals surface area contributed by atoms with Gasteiger partial charge in [0.2, 0.25) is 10.0 Å². The van der Waals surface area contributed by atoms with Gasteiger partial charge in [-0.1, -0.05) is 28.4 Å². The van der Waals surface area contributed by atoms with Crippen LogP contribution in [-0.4, -0.2) is 45.5 Å². The lowest BCUT2D eigenvalue weighted by Crippen LogP contribution is -2.27. The Bertz CT molecular complexity index is 580. The Morgan fingerprint density at radius 2 is 2.14 bits per heavy atom. The minimum atomic E-state index is -3.40. The van der Waals surface area contributed by atoms with Crippen molar-refractivity contribution in [1.29, 1.82) is 0 Å². The van der Waals surface area contributed by atoms with Crippen molar-refractivity contribution in [1.82, 2.24) is 9.62 Å². The maximum absolute atomic E-state index is 12.1. The van der Waals surface area contributed by atoms with Crippen LogP contribution in [0, 0.1) is 0 Å². The van der Waals surface area contributed by atoms with E-state index in [1.165, 1.54) is 0 Å². The van der Waals surface area contributed by atoms with Gasteiger partial charge in [0.25, 0.3) is 0 Å². The quantitative estimate of drug-likeness (QED) is 0.666. The molecule has 1 aromatic carbocycles. The van der Waals surface area contributed by atoms with Crippen LogP contribution in [0.2, 0.25) is 0 Å². The first-order valence-electron chi connectivity index (χ1n) is 7.70. The highest BCUT2D eigenvalue weighted by atomic mass is 79.9. The highest BCUT2D eigenvalue weighted by molar-refractivity contribution is 9.10. The Morgan fingerprint density at radius 1 is 1.32 bits per heavy atom. The first-order chi connectivity index (χ1) is 10.5. The van der Waals surface area contributed by atoms with Crippen molar-refractivity contribution >= 4 is 26.0 Å². The molecule has 0 aliphatic carbocycles. The molecule has 1 saturated heterocycles. The Labute approximate surface area is 141 Å². The van der Waals surface area contributed by atoms with Crippen LogP contribution in [0.25, 0.3) is 0 Å². The van der Waals surface area contributed by atoms with E-state index in [2.05, 4.69) is 25.6 Å². The minimum absolute atomic E-state index is 0.299. The van der Waals surface area contributed by atoms with Crippen LogP contribution in [0.3, 0.4) is 0 Å². The van der Waals surface area contributed by atoms with E-state index in [-0.39, 0.29) is 0 Å². The average Bonchev–Trinajstić information content (AvgIpc) is 2.88. The van der Waals surface area contributed by atoms with Gasteiger partial charge in [-0.25, -0.2) is 13.1 Å². The van der Waals surface area contributed by atoms with Gasteiger partial charge in [-0.3, -0.25) is 0 Å². The second-order valence-electron chi connectivity index (χ2n) is 5.77. The molecule has 1 aromatic rings. The van der Waals surface area contributed by atoms with E-state index in [1.807, 2.05) is 6.07 Å². The van der Waals surface area contributed by atoms with E-state index in [0.29, 0.717) is 17.5 Å².